The maximum atomic E-state index is 9.22. The Labute approximate surface area is 102 Å². The fraction of sp³-hybridized carbons (Fsp3) is 0.300. The highest BCUT2D eigenvalue weighted by Gasteiger charge is 2.09. The Hall–Kier alpha value is -1.60. The number of aromatic nitrogens is 4. The van der Waals surface area contributed by atoms with Crippen LogP contribution in [-0.4, -0.2) is 42.3 Å². The number of thioether (sulfide) groups is 1. The molecular formula is C10H12N4O2S. The van der Waals surface area contributed by atoms with Gasteiger partial charge in [0.1, 0.15) is 5.75 Å². The Kier molecular flexibility index (Phi) is 3.60. The van der Waals surface area contributed by atoms with Crippen molar-refractivity contribution in [2.24, 2.45) is 0 Å². The monoisotopic (exact) mass is 252 g/mol. The van der Waals surface area contributed by atoms with Crippen LogP contribution in [0.2, 0.25) is 0 Å². The minimum atomic E-state index is -0.412. The zero-order valence-corrected chi connectivity index (χ0v) is 10.0. The minimum Gasteiger partial charge on any atom is -0.508 e. The average Bonchev–Trinajstić information content (AvgIpc) is 2.75. The lowest BCUT2D eigenvalue weighted by Gasteiger charge is -2.05. The SMILES string of the molecule is CC(O)CSc1nnnn1-c1ccc(O)cc1. The van der Waals surface area contributed by atoms with Gasteiger partial charge in [0.05, 0.1) is 11.8 Å². The summed E-state index contributed by atoms with van der Waals surface area (Å²) in [7, 11) is 0. The lowest BCUT2D eigenvalue weighted by Crippen LogP contribution is -2.05. The number of aromatic hydroxyl groups is 1. The number of tetrazole rings is 1. The van der Waals surface area contributed by atoms with E-state index in [1.165, 1.54) is 11.8 Å². The molecule has 7 heteroatoms. The second kappa shape index (κ2) is 5.15. The Morgan fingerprint density at radius 1 is 1.35 bits per heavy atom. The largest absolute Gasteiger partial charge is 0.508 e. The summed E-state index contributed by atoms with van der Waals surface area (Å²) in [4.78, 5) is 0. The molecule has 0 aliphatic carbocycles. The summed E-state index contributed by atoms with van der Waals surface area (Å²) >= 11 is 1.38. The number of hydrogen-bond donors (Lipinski definition) is 2. The van der Waals surface area contributed by atoms with E-state index >= 15 is 0 Å². The topological polar surface area (TPSA) is 84.1 Å². The highest BCUT2D eigenvalue weighted by atomic mass is 32.2. The van der Waals surface area contributed by atoms with Gasteiger partial charge >= 0.3 is 0 Å². The van der Waals surface area contributed by atoms with E-state index in [9.17, 15) is 10.2 Å². The average molecular weight is 252 g/mol. The summed E-state index contributed by atoms with van der Waals surface area (Å²) in [5.41, 5.74) is 0.765. The normalized spacial score (nSPS) is 12.6. The fourth-order valence-corrected chi connectivity index (χ4v) is 1.97. The second-order valence-electron chi connectivity index (χ2n) is 3.55. The summed E-state index contributed by atoms with van der Waals surface area (Å²) in [5, 5.41) is 30.4. The standard InChI is InChI=1S/C10H12N4O2S/c1-7(15)6-17-10-11-12-13-14(10)8-2-4-9(16)5-3-8/h2-5,7,15-16H,6H2,1H3. The number of hydrogen-bond acceptors (Lipinski definition) is 6. The molecule has 2 rings (SSSR count). The molecule has 0 bridgehead atoms. The predicted molar refractivity (Wildman–Crippen MR) is 63.2 cm³/mol. The van der Waals surface area contributed by atoms with Gasteiger partial charge in [-0.15, -0.1) is 5.10 Å². The van der Waals surface area contributed by atoms with Crippen molar-refractivity contribution in [2.45, 2.75) is 18.2 Å². The van der Waals surface area contributed by atoms with E-state index in [-0.39, 0.29) is 5.75 Å². The molecule has 0 aliphatic rings. The van der Waals surface area contributed by atoms with Gasteiger partial charge in [0, 0.05) is 5.75 Å². The molecule has 1 heterocycles. The Morgan fingerprint density at radius 3 is 2.71 bits per heavy atom. The third-order valence-corrected chi connectivity index (χ3v) is 3.15. The molecule has 0 amide bonds. The summed E-state index contributed by atoms with van der Waals surface area (Å²) in [5.74, 6) is 0.721. The molecule has 0 fully saturated rings. The molecule has 0 saturated carbocycles. The molecule has 1 aromatic carbocycles. The third kappa shape index (κ3) is 2.95. The maximum absolute atomic E-state index is 9.22. The van der Waals surface area contributed by atoms with Crippen LogP contribution in [0.5, 0.6) is 5.75 Å². The number of aliphatic hydroxyl groups is 1. The van der Waals surface area contributed by atoms with Crippen molar-refractivity contribution in [3.05, 3.63) is 24.3 Å². The summed E-state index contributed by atoms with van der Waals surface area (Å²) in [6.07, 6.45) is -0.412. The molecule has 1 aromatic heterocycles. The number of aliphatic hydroxyl groups excluding tert-OH is 1. The third-order valence-electron chi connectivity index (χ3n) is 1.99. The molecule has 90 valence electrons. The Balaban J connectivity index is 2.21. The van der Waals surface area contributed by atoms with Crippen molar-refractivity contribution < 1.29 is 10.2 Å². The minimum absolute atomic E-state index is 0.194. The van der Waals surface area contributed by atoms with Crippen molar-refractivity contribution in [1.82, 2.24) is 20.2 Å². The Bertz CT molecular complexity index is 483. The van der Waals surface area contributed by atoms with E-state index < -0.39 is 6.10 Å². The first-order valence-corrected chi connectivity index (χ1v) is 6.04. The maximum Gasteiger partial charge on any atom is 0.214 e. The molecular weight excluding hydrogens is 240 g/mol. The van der Waals surface area contributed by atoms with Crippen LogP contribution in [-0.2, 0) is 0 Å². The van der Waals surface area contributed by atoms with Crippen LogP contribution in [0.4, 0.5) is 0 Å². The van der Waals surface area contributed by atoms with Crippen LogP contribution >= 0.6 is 11.8 Å². The number of rotatable bonds is 4. The summed E-state index contributed by atoms with van der Waals surface area (Å²) in [6, 6.07) is 6.58. The van der Waals surface area contributed by atoms with Gasteiger partial charge in [-0.3, -0.25) is 0 Å². The smallest absolute Gasteiger partial charge is 0.214 e. The highest BCUT2D eigenvalue weighted by molar-refractivity contribution is 7.99. The van der Waals surface area contributed by atoms with Crippen LogP contribution in [0.25, 0.3) is 5.69 Å². The van der Waals surface area contributed by atoms with Crippen molar-refractivity contribution in [3.8, 4) is 11.4 Å². The molecule has 6 nitrogen and oxygen atoms in total. The summed E-state index contributed by atoms with van der Waals surface area (Å²) < 4.78 is 1.56. The van der Waals surface area contributed by atoms with Crippen molar-refractivity contribution in [1.29, 1.82) is 0 Å². The lowest BCUT2D eigenvalue weighted by molar-refractivity contribution is 0.220. The van der Waals surface area contributed by atoms with Crippen molar-refractivity contribution in [3.63, 3.8) is 0 Å². The van der Waals surface area contributed by atoms with Gasteiger partial charge in [-0.25, -0.2) is 0 Å². The van der Waals surface area contributed by atoms with Crippen LogP contribution < -0.4 is 0 Å². The molecule has 1 unspecified atom stereocenters. The molecule has 2 aromatic rings. The van der Waals surface area contributed by atoms with Gasteiger partial charge < -0.3 is 10.2 Å². The van der Waals surface area contributed by atoms with E-state index in [1.807, 2.05) is 0 Å². The quantitative estimate of drug-likeness (QED) is 0.784. The molecule has 0 radical (unpaired) electrons. The van der Waals surface area contributed by atoms with Gasteiger partial charge in [-0.2, -0.15) is 4.68 Å². The van der Waals surface area contributed by atoms with Gasteiger partial charge in [0.25, 0.3) is 0 Å². The highest BCUT2D eigenvalue weighted by Crippen LogP contribution is 2.20. The molecule has 17 heavy (non-hydrogen) atoms. The molecule has 1 atom stereocenters. The van der Waals surface area contributed by atoms with E-state index in [4.69, 9.17) is 0 Å². The predicted octanol–water partition coefficient (Wildman–Crippen LogP) is 0.841. The van der Waals surface area contributed by atoms with E-state index in [0.29, 0.717) is 10.9 Å². The Morgan fingerprint density at radius 2 is 2.06 bits per heavy atom. The van der Waals surface area contributed by atoms with E-state index in [1.54, 1.807) is 35.9 Å². The van der Waals surface area contributed by atoms with Crippen molar-refractivity contribution >= 4 is 11.8 Å². The first-order chi connectivity index (χ1) is 8.16. The number of benzene rings is 1. The molecule has 0 aliphatic heterocycles. The van der Waals surface area contributed by atoms with Gasteiger partial charge in [-0.05, 0) is 41.6 Å². The molecule has 0 spiro atoms. The van der Waals surface area contributed by atoms with Crippen LogP contribution in [0.1, 0.15) is 6.92 Å². The van der Waals surface area contributed by atoms with Crippen LogP contribution in [0.15, 0.2) is 29.4 Å². The lowest BCUT2D eigenvalue weighted by atomic mass is 10.3. The van der Waals surface area contributed by atoms with Crippen LogP contribution in [0.3, 0.4) is 0 Å². The molecule has 0 saturated heterocycles. The van der Waals surface area contributed by atoms with Gasteiger partial charge in [0.2, 0.25) is 5.16 Å². The van der Waals surface area contributed by atoms with E-state index in [2.05, 4.69) is 15.5 Å². The van der Waals surface area contributed by atoms with Crippen LogP contribution in [0, 0.1) is 0 Å². The number of phenolic OH excluding ortho intramolecular Hbond substituents is 1. The number of phenols is 1. The zero-order valence-electron chi connectivity index (χ0n) is 9.19. The zero-order chi connectivity index (χ0) is 12.3. The van der Waals surface area contributed by atoms with E-state index in [0.717, 1.165) is 5.69 Å². The van der Waals surface area contributed by atoms with Gasteiger partial charge in [0.15, 0.2) is 0 Å². The fourth-order valence-electron chi connectivity index (χ4n) is 1.22. The second-order valence-corrected chi connectivity index (χ2v) is 4.54. The first-order valence-electron chi connectivity index (χ1n) is 5.05. The van der Waals surface area contributed by atoms with Gasteiger partial charge in [-0.1, -0.05) is 11.8 Å². The number of nitrogens with zero attached hydrogens (tertiary/aromatic N) is 4. The molecule has 2 N–H and O–H groups in total. The first kappa shape index (κ1) is 11.9. The van der Waals surface area contributed by atoms with Crippen molar-refractivity contribution in [2.75, 3.05) is 5.75 Å². The summed E-state index contributed by atoms with van der Waals surface area (Å²) in [6.45, 7) is 1.71.